The average Bonchev–Trinajstić information content (AvgIpc) is 2.93. The summed E-state index contributed by atoms with van der Waals surface area (Å²) in [6, 6.07) is 2.79. The van der Waals surface area contributed by atoms with Crippen molar-refractivity contribution < 1.29 is 14.7 Å². The molecule has 0 aliphatic carbocycles. The lowest BCUT2D eigenvalue weighted by Crippen LogP contribution is -2.49. The number of rotatable bonds is 6. The number of carboxylic acids is 1. The first-order valence-corrected chi connectivity index (χ1v) is 7.28. The lowest BCUT2D eigenvalue weighted by Gasteiger charge is -2.25. The molecule has 1 aromatic rings. The van der Waals surface area contributed by atoms with Crippen LogP contribution in [0.4, 0.5) is 0 Å². The summed E-state index contributed by atoms with van der Waals surface area (Å²) in [6.45, 7) is 3.26. The molecule has 1 aromatic heterocycles. The van der Waals surface area contributed by atoms with E-state index < -0.39 is 12.0 Å². The molecule has 1 unspecified atom stereocenters. The molecule has 2 atom stereocenters. The number of carboxylic acid groups (broad SMARTS) is 1. The van der Waals surface area contributed by atoms with Crippen LogP contribution in [0.5, 0.6) is 0 Å². The Labute approximate surface area is 124 Å². The summed E-state index contributed by atoms with van der Waals surface area (Å²) in [5, 5.41) is 11.7. The van der Waals surface area contributed by atoms with Crippen molar-refractivity contribution in [1.29, 1.82) is 0 Å². The van der Waals surface area contributed by atoms with Crippen LogP contribution in [0.2, 0.25) is 0 Å². The Balaban J connectivity index is 1.98. The second-order valence-corrected chi connectivity index (χ2v) is 5.30. The lowest BCUT2D eigenvalue weighted by molar-refractivity contribution is -0.142. The van der Waals surface area contributed by atoms with E-state index in [2.05, 4.69) is 15.2 Å². The number of likely N-dealkylation sites (tertiary alicyclic amines) is 1. The number of aliphatic carboxylic acids is 1. The van der Waals surface area contributed by atoms with Gasteiger partial charge in [0, 0.05) is 18.9 Å². The van der Waals surface area contributed by atoms with Crippen LogP contribution in [0.25, 0.3) is 0 Å². The predicted molar refractivity (Wildman–Crippen MR) is 77.5 cm³/mol. The topological polar surface area (TPSA) is 82.5 Å². The molecule has 0 aromatic carbocycles. The van der Waals surface area contributed by atoms with Crippen LogP contribution < -0.4 is 5.32 Å². The first-order valence-electron chi connectivity index (χ1n) is 7.28. The maximum atomic E-state index is 12.3. The summed E-state index contributed by atoms with van der Waals surface area (Å²) in [5.74, 6) is -1.17. The van der Waals surface area contributed by atoms with Crippen molar-refractivity contribution in [2.45, 2.75) is 44.8 Å². The number of hydrogen-bond acceptors (Lipinski definition) is 4. The first kappa shape index (κ1) is 15.4. The second-order valence-electron chi connectivity index (χ2n) is 5.30. The summed E-state index contributed by atoms with van der Waals surface area (Å²) < 4.78 is 0. The molecule has 1 aliphatic rings. The summed E-state index contributed by atoms with van der Waals surface area (Å²) in [6.07, 6.45) is 5.61. The molecule has 0 radical (unpaired) electrons. The summed E-state index contributed by atoms with van der Waals surface area (Å²) >= 11 is 0. The molecule has 21 heavy (non-hydrogen) atoms. The van der Waals surface area contributed by atoms with Crippen LogP contribution in [-0.4, -0.2) is 45.5 Å². The molecule has 0 spiro atoms. The fraction of sp³-hybridized carbons (Fsp3) is 0.533. The van der Waals surface area contributed by atoms with Gasteiger partial charge in [-0.3, -0.25) is 14.7 Å². The van der Waals surface area contributed by atoms with Crippen LogP contribution in [0.15, 0.2) is 24.5 Å². The molecule has 1 amide bonds. The van der Waals surface area contributed by atoms with Crippen molar-refractivity contribution >= 4 is 11.9 Å². The molecular formula is C15H21N3O3. The molecule has 6 nitrogen and oxygen atoms in total. The minimum absolute atomic E-state index is 0.189. The van der Waals surface area contributed by atoms with E-state index in [1.807, 2.05) is 12.1 Å². The van der Waals surface area contributed by atoms with E-state index in [1.165, 1.54) is 0 Å². The van der Waals surface area contributed by atoms with Gasteiger partial charge in [0.25, 0.3) is 0 Å². The Bertz CT molecular complexity index is 492. The molecule has 1 saturated heterocycles. The van der Waals surface area contributed by atoms with E-state index in [0.717, 1.165) is 24.9 Å². The van der Waals surface area contributed by atoms with Crippen LogP contribution in [-0.2, 0) is 16.1 Å². The molecule has 1 fully saturated rings. The van der Waals surface area contributed by atoms with Gasteiger partial charge in [-0.25, -0.2) is 4.79 Å². The number of carbonyl (C=O) groups is 2. The molecule has 0 saturated carbocycles. The third-order valence-electron chi connectivity index (χ3n) is 3.80. The van der Waals surface area contributed by atoms with Gasteiger partial charge in [0.15, 0.2) is 0 Å². The maximum Gasteiger partial charge on any atom is 0.326 e. The van der Waals surface area contributed by atoms with Gasteiger partial charge in [-0.1, -0.05) is 13.0 Å². The zero-order valence-corrected chi connectivity index (χ0v) is 12.2. The number of amides is 1. The number of carbonyl (C=O) groups excluding carboxylic acids is 1. The average molecular weight is 291 g/mol. The molecule has 1 aliphatic heterocycles. The van der Waals surface area contributed by atoms with Gasteiger partial charge in [-0.15, -0.1) is 0 Å². The van der Waals surface area contributed by atoms with Crippen molar-refractivity contribution in [3.05, 3.63) is 30.1 Å². The van der Waals surface area contributed by atoms with Crippen LogP contribution in [0, 0.1) is 0 Å². The smallest absolute Gasteiger partial charge is 0.326 e. The van der Waals surface area contributed by atoms with Gasteiger partial charge in [-0.05, 0) is 37.4 Å². The first-order chi connectivity index (χ1) is 10.1. The van der Waals surface area contributed by atoms with Crippen LogP contribution >= 0.6 is 0 Å². The van der Waals surface area contributed by atoms with Gasteiger partial charge in [-0.2, -0.15) is 0 Å². The number of nitrogens with one attached hydrogen (secondary N) is 1. The highest BCUT2D eigenvalue weighted by molar-refractivity contribution is 5.87. The number of nitrogens with zero attached hydrogens (tertiary/aromatic N) is 2. The van der Waals surface area contributed by atoms with Crippen LogP contribution in [0.3, 0.4) is 0 Å². The third kappa shape index (κ3) is 4.01. The minimum atomic E-state index is -0.984. The Morgan fingerprint density at radius 2 is 2.38 bits per heavy atom. The zero-order chi connectivity index (χ0) is 15.2. The fourth-order valence-corrected chi connectivity index (χ4v) is 2.64. The molecule has 2 N–H and O–H groups in total. The summed E-state index contributed by atoms with van der Waals surface area (Å²) in [7, 11) is 0. The number of hydrogen-bond donors (Lipinski definition) is 2. The third-order valence-corrected chi connectivity index (χ3v) is 3.80. The Kier molecular flexibility index (Phi) is 5.27. The van der Waals surface area contributed by atoms with Gasteiger partial charge < -0.3 is 10.4 Å². The number of aromatic nitrogens is 1. The largest absolute Gasteiger partial charge is 0.480 e. The van der Waals surface area contributed by atoms with E-state index in [9.17, 15) is 9.59 Å². The fourth-order valence-electron chi connectivity index (χ4n) is 2.64. The molecule has 114 valence electrons. The van der Waals surface area contributed by atoms with E-state index in [0.29, 0.717) is 13.0 Å². The normalized spacial score (nSPS) is 20.1. The predicted octanol–water partition coefficient (Wildman–Crippen LogP) is 1.03. The Morgan fingerprint density at radius 1 is 1.57 bits per heavy atom. The Morgan fingerprint density at radius 3 is 3.00 bits per heavy atom. The lowest BCUT2D eigenvalue weighted by atomic mass is 10.1. The second kappa shape index (κ2) is 7.17. The van der Waals surface area contributed by atoms with Gasteiger partial charge in [0.05, 0.1) is 6.04 Å². The van der Waals surface area contributed by atoms with Crippen molar-refractivity contribution in [3.63, 3.8) is 0 Å². The van der Waals surface area contributed by atoms with E-state index in [4.69, 9.17) is 5.11 Å². The standard InChI is InChI=1S/C15H21N3O3/c1-2-12(15(20)21)17-14(19)13-6-4-8-18(13)10-11-5-3-7-16-9-11/h3,5,7,9,12-13H,2,4,6,8,10H2,1H3,(H,17,19)(H,20,21)/t12?,13-/m0/s1. The SMILES string of the molecule is CCC(NC(=O)[C@@H]1CCCN1Cc1cccnc1)C(=O)O. The van der Waals surface area contributed by atoms with E-state index in [-0.39, 0.29) is 11.9 Å². The van der Waals surface area contributed by atoms with Crippen molar-refractivity contribution in [2.24, 2.45) is 0 Å². The van der Waals surface area contributed by atoms with Crippen molar-refractivity contribution in [1.82, 2.24) is 15.2 Å². The molecule has 2 rings (SSSR count). The quantitative estimate of drug-likeness (QED) is 0.818. The van der Waals surface area contributed by atoms with Crippen molar-refractivity contribution in [3.8, 4) is 0 Å². The molecular weight excluding hydrogens is 270 g/mol. The monoisotopic (exact) mass is 291 g/mol. The highest BCUT2D eigenvalue weighted by atomic mass is 16.4. The van der Waals surface area contributed by atoms with Crippen molar-refractivity contribution in [2.75, 3.05) is 6.54 Å². The van der Waals surface area contributed by atoms with Gasteiger partial charge in [0.1, 0.15) is 6.04 Å². The molecule has 6 heteroatoms. The minimum Gasteiger partial charge on any atom is -0.480 e. The molecule has 2 heterocycles. The highest BCUT2D eigenvalue weighted by Gasteiger charge is 2.32. The van der Waals surface area contributed by atoms with E-state index >= 15 is 0 Å². The Hall–Kier alpha value is -1.95. The van der Waals surface area contributed by atoms with Crippen LogP contribution in [0.1, 0.15) is 31.7 Å². The number of pyridine rings is 1. The summed E-state index contributed by atoms with van der Waals surface area (Å²) in [5.41, 5.74) is 1.06. The zero-order valence-electron chi connectivity index (χ0n) is 12.2. The van der Waals surface area contributed by atoms with E-state index in [1.54, 1.807) is 19.3 Å². The van der Waals surface area contributed by atoms with Gasteiger partial charge >= 0.3 is 5.97 Å². The highest BCUT2D eigenvalue weighted by Crippen LogP contribution is 2.20. The maximum absolute atomic E-state index is 12.3. The summed E-state index contributed by atoms with van der Waals surface area (Å²) in [4.78, 5) is 29.5. The van der Waals surface area contributed by atoms with Gasteiger partial charge in [0.2, 0.25) is 5.91 Å². The molecule has 0 bridgehead atoms.